The van der Waals surface area contributed by atoms with Crippen LogP contribution in [0.5, 0.6) is 0 Å². The van der Waals surface area contributed by atoms with Crippen LogP contribution in [0.25, 0.3) is 0 Å². The molecule has 1 aromatic heterocycles. The van der Waals surface area contributed by atoms with Gasteiger partial charge in [0.1, 0.15) is 0 Å². The summed E-state index contributed by atoms with van der Waals surface area (Å²) < 4.78 is 37.7. The first-order valence-electron chi connectivity index (χ1n) is 9.71. The number of nitrogens with zero attached hydrogens (tertiary/aromatic N) is 4. The van der Waals surface area contributed by atoms with Crippen LogP contribution < -0.4 is 4.90 Å². The molecule has 2 aliphatic heterocycles. The van der Waals surface area contributed by atoms with Crippen molar-refractivity contribution in [2.45, 2.75) is 58.2 Å². The minimum atomic E-state index is -4.48. The predicted octanol–water partition coefficient (Wildman–Crippen LogP) is 4.22. The number of hydrogen-bond acceptors (Lipinski definition) is 4. The molecule has 0 N–H and O–H groups in total. The SMILES string of the molecule is CC(C)N1CCC(CC2CCN(c3cnc(C(F)(F)F)nc3)CC2)CC1. The normalized spacial score (nSPS) is 21.5. The van der Waals surface area contributed by atoms with Gasteiger partial charge in [-0.05, 0) is 70.9 Å². The second kappa shape index (κ2) is 8.11. The Morgan fingerprint density at radius 1 is 0.962 bits per heavy atom. The van der Waals surface area contributed by atoms with Gasteiger partial charge in [0.05, 0.1) is 18.1 Å². The molecule has 0 saturated carbocycles. The van der Waals surface area contributed by atoms with Crippen molar-refractivity contribution in [1.82, 2.24) is 14.9 Å². The second-order valence-corrected chi connectivity index (χ2v) is 8.00. The van der Waals surface area contributed by atoms with Gasteiger partial charge in [-0.3, -0.25) is 0 Å². The lowest BCUT2D eigenvalue weighted by Gasteiger charge is -2.38. The van der Waals surface area contributed by atoms with E-state index in [4.69, 9.17) is 0 Å². The van der Waals surface area contributed by atoms with Crippen molar-refractivity contribution in [3.63, 3.8) is 0 Å². The van der Waals surface area contributed by atoms with Crippen LogP contribution in [0.3, 0.4) is 0 Å². The van der Waals surface area contributed by atoms with Crippen molar-refractivity contribution >= 4 is 5.69 Å². The van der Waals surface area contributed by atoms with Gasteiger partial charge in [0, 0.05) is 19.1 Å². The topological polar surface area (TPSA) is 32.3 Å². The first-order chi connectivity index (χ1) is 12.3. The van der Waals surface area contributed by atoms with Gasteiger partial charge in [-0.1, -0.05) is 0 Å². The Morgan fingerprint density at radius 3 is 1.92 bits per heavy atom. The van der Waals surface area contributed by atoms with E-state index < -0.39 is 12.0 Å². The first kappa shape index (κ1) is 19.4. The molecular formula is C19H29F3N4. The molecule has 2 fully saturated rings. The average Bonchev–Trinajstić information content (AvgIpc) is 2.62. The summed E-state index contributed by atoms with van der Waals surface area (Å²) in [5, 5.41) is 0. The maximum atomic E-state index is 12.6. The van der Waals surface area contributed by atoms with Crippen LogP contribution in [0.15, 0.2) is 12.4 Å². The van der Waals surface area contributed by atoms with E-state index in [0.29, 0.717) is 11.7 Å². The van der Waals surface area contributed by atoms with Crippen LogP contribution in [0.4, 0.5) is 18.9 Å². The Labute approximate surface area is 153 Å². The minimum absolute atomic E-state index is 0.644. The van der Waals surface area contributed by atoms with E-state index in [9.17, 15) is 13.2 Å². The molecule has 2 aliphatic rings. The molecule has 0 aliphatic carbocycles. The molecule has 2 saturated heterocycles. The molecule has 0 unspecified atom stereocenters. The highest BCUT2D eigenvalue weighted by Gasteiger charge is 2.34. The largest absolute Gasteiger partial charge is 0.451 e. The Kier molecular flexibility index (Phi) is 6.05. The van der Waals surface area contributed by atoms with Crippen molar-refractivity contribution in [3.8, 4) is 0 Å². The molecule has 0 atom stereocenters. The van der Waals surface area contributed by atoms with E-state index in [0.717, 1.165) is 37.8 Å². The van der Waals surface area contributed by atoms with Gasteiger partial charge in [0.15, 0.2) is 0 Å². The monoisotopic (exact) mass is 370 g/mol. The summed E-state index contributed by atoms with van der Waals surface area (Å²) in [7, 11) is 0. The highest BCUT2D eigenvalue weighted by atomic mass is 19.4. The molecule has 0 radical (unpaired) electrons. The molecule has 146 valence electrons. The van der Waals surface area contributed by atoms with Crippen LogP contribution in [-0.4, -0.2) is 47.1 Å². The lowest BCUT2D eigenvalue weighted by molar-refractivity contribution is -0.144. The van der Waals surface area contributed by atoms with E-state index in [1.165, 1.54) is 44.7 Å². The van der Waals surface area contributed by atoms with Gasteiger partial charge in [0.2, 0.25) is 5.82 Å². The number of alkyl halides is 3. The number of anilines is 1. The maximum absolute atomic E-state index is 12.6. The number of rotatable bonds is 4. The molecule has 3 heterocycles. The lowest BCUT2D eigenvalue weighted by atomic mass is 9.82. The third kappa shape index (κ3) is 4.87. The predicted molar refractivity (Wildman–Crippen MR) is 96.0 cm³/mol. The molecule has 7 heteroatoms. The molecule has 4 nitrogen and oxygen atoms in total. The molecule has 0 amide bonds. The third-order valence-electron chi connectivity index (χ3n) is 5.92. The Bertz CT molecular complexity index is 557. The number of halogens is 3. The number of hydrogen-bond donors (Lipinski definition) is 0. The van der Waals surface area contributed by atoms with Gasteiger partial charge >= 0.3 is 6.18 Å². The van der Waals surface area contributed by atoms with Crippen LogP contribution in [0.2, 0.25) is 0 Å². The number of likely N-dealkylation sites (tertiary alicyclic amines) is 1. The summed E-state index contributed by atoms with van der Waals surface area (Å²) in [6.45, 7) is 8.71. The zero-order valence-corrected chi connectivity index (χ0v) is 15.7. The van der Waals surface area contributed by atoms with Crippen molar-refractivity contribution in [2.24, 2.45) is 11.8 Å². The van der Waals surface area contributed by atoms with Gasteiger partial charge in [-0.15, -0.1) is 0 Å². The van der Waals surface area contributed by atoms with Gasteiger partial charge in [0.25, 0.3) is 0 Å². The zero-order valence-electron chi connectivity index (χ0n) is 15.7. The summed E-state index contributed by atoms with van der Waals surface area (Å²) in [6, 6.07) is 0.644. The smallest absolute Gasteiger partial charge is 0.369 e. The second-order valence-electron chi connectivity index (χ2n) is 8.00. The van der Waals surface area contributed by atoms with E-state index in [-0.39, 0.29) is 0 Å². The Morgan fingerprint density at radius 2 is 1.46 bits per heavy atom. The summed E-state index contributed by atoms with van der Waals surface area (Å²) in [5.74, 6) is 0.497. The molecule has 1 aromatic rings. The highest BCUT2D eigenvalue weighted by molar-refractivity contribution is 5.42. The summed E-state index contributed by atoms with van der Waals surface area (Å²) in [4.78, 5) is 11.6. The molecule has 0 spiro atoms. The van der Waals surface area contributed by atoms with Crippen molar-refractivity contribution in [3.05, 3.63) is 18.2 Å². The van der Waals surface area contributed by atoms with Crippen molar-refractivity contribution in [1.29, 1.82) is 0 Å². The zero-order chi connectivity index (χ0) is 18.7. The average molecular weight is 370 g/mol. The van der Waals surface area contributed by atoms with E-state index >= 15 is 0 Å². The fourth-order valence-corrected chi connectivity index (χ4v) is 4.23. The van der Waals surface area contributed by atoms with Crippen LogP contribution in [0.1, 0.15) is 51.8 Å². The molecule has 0 bridgehead atoms. The van der Waals surface area contributed by atoms with Crippen LogP contribution >= 0.6 is 0 Å². The Hall–Kier alpha value is -1.37. The third-order valence-corrected chi connectivity index (χ3v) is 5.92. The van der Waals surface area contributed by atoms with Crippen LogP contribution in [0, 0.1) is 11.8 Å². The quantitative estimate of drug-likeness (QED) is 0.794. The minimum Gasteiger partial charge on any atom is -0.369 e. The fraction of sp³-hybridized carbons (Fsp3) is 0.789. The van der Waals surface area contributed by atoms with Gasteiger partial charge in [-0.25, -0.2) is 9.97 Å². The van der Waals surface area contributed by atoms with Crippen molar-refractivity contribution < 1.29 is 13.2 Å². The van der Waals surface area contributed by atoms with E-state index in [1.54, 1.807) is 0 Å². The first-order valence-corrected chi connectivity index (χ1v) is 9.71. The molecule has 3 rings (SSSR count). The van der Waals surface area contributed by atoms with E-state index in [2.05, 4.69) is 33.6 Å². The summed E-state index contributed by atoms with van der Waals surface area (Å²) in [5.41, 5.74) is 0.696. The summed E-state index contributed by atoms with van der Waals surface area (Å²) >= 11 is 0. The van der Waals surface area contributed by atoms with Crippen molar-refractivity contribution in [2.75, 3.05) is 31.1 Å². The number of piperidine rings is 2. The van der Waals surface area contributed by atoms with Gasteiger partial charge in [-0.2, -0.15) is 13.2 Å². The van der Waals surface area contributed by atoms with E-state index in [1.807, 2.05) is 0 Å². The maximum Gasteiger partial charge on any atom is 0.451 e. The van der Waals surface area contributed by atoms with Gasteiger partial charge < -0.3 is 9.80 Å². The molecular weight excluding hydrogens is 341 g/mol. The number of aromatic nitrogens is 2. The van der Waals surface area contributed by atoms with Crippen LogP contribution in [-0.2, 0) is 6.18 Å². The highest BCUT2D eigenvalue weighted by Crippen LogP contribution is 2.32. The molecule has 0 aromatic carbocycles. The molecule has 26 heavy (non-hydrogen) atoms. The fourth-order valence-electron chi connectivity index (χ4n) is 4.23. The Balaban J connectivity index is 1.44. The lowest BCUT2D eigenvalue weighted by Crippen LogP contribution is -2.39. The standard InChI is InChI=1S/C19H29F3N4/c1-14(2)25-7-3-15(4-8-25)11-16-5-9-26(10-6-16)17-12-23-18(24-13-17)19(20,21)22/h12-16H,3-11H2,1-2H3. The summed E-state index contributed by atoms with van der Waals surface area (Å²) in [6.07, 6.45) is 4.22.